The van der Waals surface area contributed by atoms with Crippen LogP contribution in [0.25, 0.3) is 10.2 Å². The maximum atomic E-state index is 11.9. The fourth-order valence-corrected chi connectivity index (χ4v) is 5.80. The quantitative estimate of drug-likeness (QED) is 0.832. The van der Waals surface area contributed by atoms with E-state index in [9.17, 15) is 8.42 Å². The van der Waals surface area contributed by atoms with Crippen molar-refractivity contribution in [3.05, 3.63) is 16.8 Å². The lowest BCUT2D eigenvalue weighted by molar-refractivity contribution is 0.321. The largest absolute Gasteiger partial charge is 0.354 e. The maximum Gasteiger partial charge on any atom is 0.211 e. The summed E-state index contributed by atoms with van der Waals surface area (Å²) in [5.74, 6) is 0.992. The van der Waals surface area contributed by atoms with Crippen molar-refractivity contribution in [3.63, 3.8) is 0 Å². The molecule has 1 aliphatic heterocycles. The fraction of sp³-hybridized carbons (Fsp3) is 0.625. The third-order valence-corrected chi connectivity index (χ3v) is 7.76. The van der Waals surface area contributed by atoms with Crippen LogP contribution in [0, 0.1) is 0 Å². The van der Waals surface area contributed by atoms with Gasteiger partial charge >= 0.3 is 0 Å². The van der Waals surface area contributed by atoms with Crippen LogP contribution in [0.3, 0.4) is 0 Å². The van der Waals surface area contributed by atoms with E-state index in [2.05, 4.69) is 14.9 Å². The van der Waals surface area contributed by atoms with E-state index in [0.717, 1.165) is 42.9 Å². The van der Waals surface area contributed by atoms with Crippen molar-refractivity contribution >= 4 is 37.4 Å². The number of fused-ring (bicyclic) bond motifs is 3. The van der Waals surface area contributed by atoms with Crippen LogP contribution in [0.2, 0.25) is 0 Å². The van der Waals surface area contributed by atoms with Crippen molar-refractivity contribution in [1.29, 1.82) is 0 Å². The summed E-state index contributed by atoms with van der Waals surface area (Å²) in [5, 5.41) is 1.21. The highest BCUT2D eigenvalue weighted by atomic mass is 32.2. The second-order valence-corrected chi connectivity index (χ2v) is 9.88. The summed E-state index contributed by atoms with van der Waals surface area (Å²) in [6.07, 6.45) is 8.27. The molecule has 1 atom stereocenters. The Hall–Kier alpha value is -1.25. The van der Waals surface area contributed by atoms with E-state index in [1.807, 2.05) is 0 Å². The molecule has 2 aromatic rings. The van der Waals surface area contributed by atoms with Crippen LogP contribution in [0.4, 0.5) is 5.82 Å². The van der Waals surface area contributed by atoms with Gasteiger partial charge < -0.3 is 4.90 Å². The summed E-state index contributed by atoms with van der Waals surface area (Å²) < 4.78 is 25.3. The number of piperidine rings is 1. The van der Waals surface area contributed by atoms with Crippen LogP contribution >= 0.6 is 11.3 Å². The van der Waals surface area contributed by atoms with Crippen molar-refractivity contribution in [3.8, 4) is 0 Å². The Labute approximate surface area is 146 Å². The first kappa shape index (κ1) is 16.2. The molecule has 0 spiro atoms. The molecule has 8 heteroatoms. The Morgan fingerprint density at radius 1 is 1.29 bits per heavy atom. The van der Waals surface area contributed by atoms with E-state index in [1.165, 1.54) is 32.8 Å². The zero-order chi connectivity index (χ0) is 16.9. The van der Waals surface area contributed by atoms with Gasteiger partial charge in [0, 0.05) is 31.1 Å². The molecule has 130 valence electrons. The maximum absolute atomic E-state index is 11.9. The number of hydrogen-bond donors (Lipinski definition) is 0. The predicted octanol–water partition coefficient (Wildman–Crippen LogP) is 2.04. The van der Waals surface area contributed by atoms with Crippen molar-refractivity contribution in [1.82, 2.24) is 14.3 Å². The number of sulfonamides is 1. The van der Waals surface area contributed by atoms with Crippen LogP contribution in [0.1, 0.15) is 29.7 Å². The molecular formula is C16H22N4O2S2. The standard InChI is InChI=1S/C16H22N4O2S2/c1-19(24(2,21)22)11-5-4-8-20(9-11)15-14-12-6-3-7-13(12)23-16(14)18-10-17-15/h10-11H,3-9H2,1-2H3. The van der Waals surface area contributed by atoms with Gasteiger partial charge in [-0.3, -0.25) is 0 Å². The molecule has 3 heterocycles. The number of rotatable bonds is 3. The average molecular weight is 367 g/mol. The fourth-order valence-electron chi connectivity index (χ4n) is 3.87. The highest BCUT2D eigenvalue weighted by Gasteiger charge is 2.30. The molecule has 1 aliphatic carbocycles. The van der Waals surface area contributed by atoms with E-state index in [1.54, 1.807) is 24.7 Å². The van der Waals surface area contributed by atoms with E-state index < -0.39 is 10.0 Å². The second-order valence-electron chi connectivity index (χ2n) is 6.76. The SMILES string of the molecule is CN(C1CCCN(c2ncnc3sc4c(c23)CCC4)C1)S(C)(=O)=O. The van der Waals surface area contributed by atoms with E-state index in [-0.39, 0.29) is 6.04 Å². The Morgan fingerprint density at radius 2 is 2.12 bits per heavy atom. The first-order valence-electron chi connectivity index (χ1n) is 8.38. The van der Waals surface area contributed by atoms with Gasteiger partial charge in [-0.1, -0.05) is 0 Å². The van der Waals surface area contributed by atoms with E-state index in [4.69, 9.17) is 0 Å². The molecule has 0 radical (unpaired) electrons. The summed E-state index contributed by atoms with van der Waals surface area (Å²) in [4.78, 5) is 13.8. The molecule has 0 amide bonds. The monoisotopic (exact) mass is 366 g/mol. The van der Waals surface area contributed by atoms with Gasteiger partial charge in [0.1, 0.15) is 17.0 Å². The molecule has 24 heavy (non-hydrogen) atoms. The van der Waals surface area contributed by atoms with Gasteiger partial charge in [-0.25, -0.2) is 22.7 Å². The third kappa shape index (κ3) is 2.70. The van der Waals surface area contributed by atoms with E-state index in [0.29, 0.717) is 6.54 Å². The number of aromatic nitrogens is 2. The molecule has 0 aromatic carbocycles. The summed E-state index contributed by atoms with van der Waals surface area (Å²) in [6.45, 7) is 1.62. The smallest absolute Gasteiger partial charge is 0.211 e. The molecule has 2 aliphatic rings. The number of aryl methyl sites for hydroxylation is 2. The molecule has 0 saturated carbocycles. The summed E-state index contributed by atoms with van der Waals surface area (Å²) >= 11 is 1.79. The van der Waals surface area contributed by atoms with Crippen LogP contribution in [0.15, 0.2) is 6.33 Å². The van der Waals surface area contributed by atoms with Crippen molar-refractivity contribution < 1.29 is 8.42 Å². The van der Waals surface area contributed by atoms with Crippen molar-refractivity contribution in [2.45, 2.75) is 38.1 Å². The Kier molecular flexibility index (Phi) is 4.01. The van der Waals surface area contributed by atoms with Gasteiger partial charge in [0.2, 0.25) is 10.0 Å². The molecule has 2 aromatic heterocycles. The number of nitrogens with zero attached hydrogens (tertiary/aromatic N) is 4. The number of thiophene rings is 1. The minimum atomic E-state index is -3.17. The minimum Gasteiger partial charge on any atom is -0.354 e. The van der Waals surface area contributed by atoms with Crippen molar-refractivity contribution in [2.75, 3.05) is 31.3 Å². The molecule has 4 rings (SSSR count). The normalized spacial score (nSPS) is 21.6. The molecule has 1 fully saturated rings. The lowest BCUT2D eigenvalue weighted by Gasteiger charge is -2.37. The van der Waals surface area contributed by atoms with Gasteiger partial charge in [0.15, 0.2) is 0 Å². The van der Waals surface area contributed by atoms with Gasteiger partial charge in [-0.15, -0.1) is 11.3 Å². The first-order valence-corrected chi connectivity index (χ1v) is 11.0. The zero-order valence-corrected chi connectivity index (χ0v) is 15.7. The highest BCUT2D eigenvalue weighted by Crippen LogP contribution is 2.40. The third-order valence-electron chi connectivity index (χ3n) is 5.21. The topological polar surface area (TPSA) is 66.4 Å². The Morgan fingerprint density at radius 3 is 2.92 bits per heavy atom. The average Bonchev–Trinajstić information content (AvgIpc) is 3.13. The lowest BCUT2D eigenvalue weighted by atomic mass is 10.1. The predicted molar refractivity (Wildman–Crippen MR) is 97.3 cm³/mol. The zero-order valence-electron chi connectivity index (χ0n) is 14.0. The highest BCUT2D eigenvalue weighted by molar-refractivity contribution is 7.88. The van der Waals surface area contributed by atoms with Crippen LogP contribution in [-0.4, -0.2) is 55.1 Å². The summed E-state index contributed by atoms with van der Waals surface area (Å²) in [6, 6.07) is 0.00505. The van der Waals surface area contributed by atoms with Crippen molar-refractivity contribution in [2.24, 2.45) is 0 Å². The van der Waals surface area contributed by atoms with Crippen LogP contribution in [-0.2, 0) is 22.9 Å². The van der Waals surface area contributed by atoms with Crippen LogP contribution < -0.4 is 4.90 Å². The second kappa shape index (κ2) is 5.93. The van der Waals surface area contributed by atoms with Gasteiger partial charge in [-0.05, 0) is 37.7 Å². The number of anilines is 1. The Bertz CT molecular complexity index is 878. The summed E-state index contributed by atoms with van der Waals surface area (Å²) in [5.41, 5.74) is 1.42. The molecule has 1 unspecified atom stereocenters. The van der Waals surface area contributed by atoms with Gasteiger partial charge in [-0.2, -0.15) is 0 Å². The van der Waals surface area contributed by atoms with Gasteiger partial charge in [0.05, 0.1) is 11.6 Å². The lowest BCUT2D eigenvalue weighted by Crippen LogP contribution is -2.48. The Balaban J connectivity index is 1.70. The first-order chi connectivity index (χ1) is 11.4. The minimum absolute atomic E-state index is 0.00505. The number of likely N-dealkylation sites (N-methyl/N-ethyl adjacent to an activating group) is 1. The number of hydrogen-bond acceptors (Lipinski definition) is 6. The molecule has 6 nitrogen and oxygen atoms in total. The molecule has 0 bridgehead atoms. The summed E-state index contributed by atoms with van der Waals surface area (Å²) in [7, 11) is -1.49. The molecule has 0 N–H and O–H groups in total. The molecular weight excluding hydrogens is 344 g/mol. The van der Waals surface area contributed by atoms with Crippen LogP contribution in [0.5, 0.6) is 0 Å². The molecule has 1 saturated heterocycles. The van der Waals surface area contributed by atoms with E-state index >= 15 is 0 Å². The van der Waals surface area contributed by atoms with Gasteiger partial charge in [0.25, 0.3) is 0 Å².